The van der Waals surface area contributed by atoms with E-state index in [0.717, 1.165) is 12.1 Å². The zero-order valence-corrected chi connectivity index (χ0v) is 18.1. The highest BCUT2D eigenvalue weighted by molar-refractivity contribution is 6.02. The van der Waals surface area contributed by atoms with Crippen LogP contribution >= 0.6 is 0 Å². The highest BCUT2D eigenvalue weighted by Crippen LogP contribution is 2.28. The Morgan fingerprint density at radius 1 is 1.06 bits per heavy atom. The van der Waals surface area contributed by atoms with Crippen LogP contribution < -0.4 is 14.8 Å². The maximum absolute atomic E-state index is 14.7. The third-order valence-corrected chi connectivity index (χ3v) is 5.13. The van der Waals surface area contributed by atoms with Gasteiger partial charge in [0.05, 0.1) is 23.9 Å². The molecule has 10 heteroatoms. The molecule has 176 valence electrons. The monoisotopic (exact) mass is 473 g/mol. The van der Waals surface area contributed by atoms with E-state index in [1.807, 2.05) is 0 Å². The fourth-order valence-electron chi connectivity index (χ4n) is 3.56. The van der Waals surface area contributed by atoms with Crippen LogP contribution in [-0.2, 0) is 6.54 Å². The maximum atomic E-state index is 14.7. The molecule has 0 unspecified atom stereocenters. The van der Waals surface area contributed by atoms with E-state index < -0.39 is 17.9 Å². The van der Waals surface area contributed by atoms with Gasteiger partial charge in [0.2, 0.25) is 0 Å². The van der Waals surface area contributed by atoms with Crippen molar-refractivity contribution in [3.8, 4) is 22.6 Å². The zero-order valence-electron chi connectivity index (χ0n) is 18.1. The Balaban J connectivity index is 1.48. The summed E-state index contributed by atoms with van der Waals surface area (Å²) in [5.74, 6) is -0.757. The van der Waals surface area contributed by atoms with E-state index in [-0.39, 0.29) is 18.0 Å². The van der Waals surface area contributed by atoms with Crippen LogP contribution in [0.3, 0.4) is 0 Å². The molecule has 0 radical (unpaired) electrons. The number of ether oxygens (including phenoxy) is 2. The Labute approximate surface area is 191 Å². The van der Waals surface area contributed by atoms with E-state index in [1.165, 1.54) is 31.4 Å². The van der Waals surface area contributed by atoms with Gasteiger partial charge in [-0.3, -0.25) is 4.79 Å². The highest BCUT2D eigenvalue weighted by Gasteiger charge is 2.31. The number of benzene rings is 2. The first kappa shape index (κ1) is 23.1. The number of halogens is 4. The number of alkyl halides is 3. The number of aromatic nitrogens is 2. The number of carbonyl (C=O) groups excluding carboxylic acids is 1. The minimum Gasteiger partial charge on any atom is -0.497 e. The summed E-state index contributed by atoms with van der Waals surface area (Å²) in [6.45, 7) is 1.78. The van der Waals surface area contributed by atoms with E-state index in [2.05, 4.69) is 15.2 Å². The number of amides is 1. The minimum absolute atomic E-state index is 0.0646. The summed E-state index contributed by atoms with van der Waals surface area (Å²) < 4.78 is 62.2. The Hall–Kier alpha value is -4.08. The summed E-state index contributed by atoms with van der Waals surface area (Å²) in [5.41, 5.74) is 2.60. The van der Waals surface area contributed by atoms with Crippen molar-refractivity contribution in [1.29, 1.82) is 0 Å². The lowest BCUT2D eigenvalue weighted by atomic mass is 10.0. The number of hydrogen-bond acceptors (Lipinski definition) is 4. The molecule has 0 aliphatic rings. The fraction of sp³-hybridized carbons (Fsp3) is 0.167. The average Bonchev–Trinajstić information content (AvgIpc) is 3.12. The van der Waals surface area contributed by atoms with Gasteiger partial charge in [-0.1, -0.05) is 24.3 Å². The molecule has 0 aliphatic heterocycles. The number of methoxy groups -OCH3 is 1. The van der Waals surface area contributed by atoms with Crippen LogP contribution in [-0.4, -0.2) is 29.0 Å². The number of rotatable bonds is 6. The van der Waals surface area contributed by atoms with Crippen LogP contribution in [0.15, 0.2) is 60.8 Å². The number of nitrogens with zero attached hydrogens (tertiary/aromatic N) is 2. The SMILES string of the molecule is COc1ccn2nc(C)c(C(=O)NCc3ccc(-c4ccc(OC(F)(F)F)cc4)c(F)c3)c2c1. The summed E-state index contributed by atoms with van der Waals surface area (Å²) in [7, 11) is 1.53. The molecular weight excluding hydrogens is 454 g/mol. The van der Waals surface area contributed by atoms with Crippen LogP contribution in [0.25, 0.3) is 16.6 Å². The summed E-state index contributed by atoms with van der Waals surface area (Å²) in [4.78, 5) is 12.8. The Kier molecular flexibility index (Phi) is 6.14. The van der Waals surface area contributed by atoms with E-state index in [9.17, 15) is 22.4 Å². The van der Waals surface area contributed by atoms with Crippen molar-refractivity contribution >= 4 is 11.4 Å². The topological polar surface area (TPSA) is 64.9 Å². The predicted molar refractivity (Wildman–Crippen MR) is 116 cm³/mol. The number of nitrogens with one attached hydrogen (secondary N) is 1. The summed E-state index contributed by atoms with van der Waals surface area (Å²) in [5, 5.41) is 7.08. The molecule has 1 N–H and O–H groups in total. The van der Waals surface area contributed by atoms with Crippen molar-refractivity contribution in [2.75, 3.05) is 7.11 Å². The molecule has 2 aromatic heterocycles. The lowest BCUT2D eigenvalue weighted by molar-refractivity contribution is -0.274. The normalized spacial score (nSPS) is 11.5. The van der Waals surface area contributed by atoms with E-state index in [4.69, 9.17) is 4.74 Å². The van der Waals surface area contributed by atoms with Gasteiger partial charge in [0.15, 0.2) is 0 Å². The Morgan fingerprint density at radius 2 is 1.79 bits per heavy atom. The van der Waals surface area contributed by atoms with E-state index >= 15 is 0 Å². The number of aryl methyl sites for hydroxylation is 1. The number of pyridine rings is 1. The second kappa shape index (κ2) is 9.05. The number of carbonyl (C=O) groups is 1. The predicted octanol–water partition coefficient (Wildman–Crippen LogP) is 5.29. The molecule has 0 bridgehead atoms. The quantitative estimate of drug-likeness (QED) is 0.387. The van der Waals surface area contributed by atoms with Crippen molar-refractivity contribution in [2.24, 2.45) is 0 Å². The molecule has 6 nitrogen and oxygen atoms in total. The van der Waals surface area contributed by atoms with Crippen molar-refractivity contribution < 1.29 is 31.8 Å². The average molecular weight is 473 g/mol. The van der Waals surface area contributed by atoms with Crippen LogP contribution in [0.2, 0.25) is 0 Å². The first-order chi connectivity index (χ1) is 16.1. The molecule has 0 spiro atoms. The van der Waals surface area contributed by atoms with Crippen LogP contribution in [0.4, 0.5) is 17.6 Å². The standard InChI is InChI=1S/C24H19F4N3O3/c1-14-22(21-12-18(33-2)9-10-31(21)30-14)23(32)29-13-15-3-8-19(20(25)11-15)16-4-6-17(7-5-16)34-24(26,27)28/h3-12H,13H2,1-2H3,(H,29,32). The van der Waals surface area contributed by atoms with Gasteiger partial charge in [-0.25, -0.2) is 8.91 Å². The molecule has 4 aromatic rings. The van der Waals surface area contributed by atoms with Gasteiger partial charge in [-0.2, -0.15) is 5.10 Å². The molecule has 4 rings (SSSR count). The van der Waals surface area contributed by atoms with Crippen LogP contribution in [0.5, 0.6) is 11.5 Å². The third-order valence-electron chi connectivity index (χ3n) is 5.13. The molecule has 0 atom stereocenters. The van der Waals surface area contributed by atoms with Crippen LogP contribution in [0, 0.1) is 12.7 Å². The molecule has 2 heterocycles. The summed E-state index contributed by atoms with van der Waals surface area (Å²) in [6.07, 6.45) is -3.11. The van der Waals surface area contributed by atoms with Gasteiger partial charge in [-0.05, 0) is 42.3 Å². The summed E-state index contributed by atoms with van der Waals surface area (Å²) >= 11 is 0. The Bertz CT molecular complexity index is 1350. The van der Waals surface area contributed by atoms with Crippen molar-refractivity contribution in [3.05, 3.63) is 83.4 Å². The fourth-order valence-corrected chi connectivity index (χ4v) is 3.56. The summed E-state index contributed by atoms with van der Waals surface area (Å²) in [6, 6.07) is 12.7. The lowest BCUT2D eigenvalue weighted by Crippen LogP contribution is -2.23. The Morgan fingerprint density at radius 3 is 2.44 bits per heavy atom. The van der Waals surface area contributed by atoms with Crippen molar-refractivity contribution in [3.63, 3.8) is 0 Å². The van der Waals surface area contributed by atoms with Crippen LogP contribution in [0.1, 0.15) is 21.6 Å². The molecule has 34 heavy (non-hydrogen) atoms. The zero-order chi connectivity index (χ0) is 24.5. The first-order valence-corrected chi connectivity index (χ1v) is 10.1. The minimum atomic E-state index is -4.80. The van der Waals surface area contributed by atoms with Gasteiger partial charge in [0, 0.05) is 24.4 Å². The highest BCUT2D eigenvalue weighted by atomic mass is 19.4. The number of fused-ring (bicyclic) bond motifs is 1. The largest absolute Gasteiger partial charge is 0.573 e. The van der Waals surface area contributed by atoms with Gasteiger partial charge in [0.25, 0.3) is 5.91 Å². The first-order valence-electron chi connectivity index (χ1n) is 10.1. The third kappa shape index (κ3) is 4.95. The molecular formula is C24H19F4N3O3. The second-order valence-electron chi connectivity index (χ2n) is 7.43. The lowest BCUT2D eigenvalue weighted by Gasteiger charge is -2.11. The molecule has 1 amide bonds. The molecule has 0 fully saturated rings. The van der Waals surface area contributed by atoms with Crippen molar-refractivity contribution in [2.45, 2.75) is 19.8 Å². The van der Waals surface area contributed by atoms with Gasteiger partial charge >= 0.3 is 6.36 Å². The maximum Gasteiger partial charge on any atom is 0.573 e. The van der Waals surface area contributed by atoms with Gasteiger partial charge < -0.3 is 14.8 Å². The number of hydrogen-bond donors (Lipinski definition) is 1. The smallest absolute Gasteiger partial charge is 0.497 e. The van der Waals surface area contributed by atoms with Gasteiger partial charge in [-0.15, -0.1) is 13.2 Å². The second-order valence-corrected chi connectivity index (χ2v) is 7.43. The van der Waals surface area contributed by atoms with Crippen molar-refractivity contribution in [1.82, 2.24) is 14.9 Å². The molecule has 0 aliphatic carbocycles. The molecule has 2 aromatic carbocycles. The van der Waals surface area contributed by atoms with Gasteiger partial charge in [0.1, 0.15) is 17.3 Å². The molecule has 0 saturated heterocycles. The van der Waals surface area contributed by atoms with E-state index in [0.29, 0.717) is 33.7 Å². The molecule has 0 saturated carbocycles. The van der Waals surface area contributed by atoms with E-state index in [1.54, 1.807) is 35.8 Å².